The summed E-state index contributed by atoms with van der Waals surface area (Å²) in [6.07, 6.45) is 1.10. The minimum Gasteiger partial charge on any atom is -0.462 e. The molecule has 0 radical (unpaired) electrons. The fourth-order valence-electron chi connectivity index (χ4n) is 6.13. The van der Waals surface area contributed by atoms with Crippen molar-refractivity contribution in [3.63, 3.8) is 0 Å². The van der Waals surface area contributed by atoms with Gasteiger partial charge in [-0.3, -0.25) is 9.59 Å². The molecule has 176 valence electrons. The molecular weight excluding hydrogens is 412 g/mol. The van der Waals surface area contributed by atoms with Crippen molar-refractivity contribution in [2.45, 2.75) is 83.9 Å². The Morgan fingerprint density at radius 1 is 1.28 bits per heavy atom. The first-order chi connectivity index (χ1) is 15.1. The van der Waals surface area contributed by atoms with Gasteiger partial charge in [-0.2, -0.15) is 0 Å². The van der Waals surface area contributed by atoms with Crippen molar-refractivity contribution in [2.24, 2.45) is 29.6 Å². The van der Waals surface area contributed by atoms with E-state index in [1.165, 1.54) is 0 Å². The van der Waals surface area contributed by atoms with Gasteiger partial charge in [-0.1, -0.05) is 26.0 Å². The molecule has 1 N–H and O–H groups in total. The molecule has 32 heavy (non-hydrogen) atoms. The lowest BCUT2D eigenvalue weighted by atomic mass is 9.57. The molecule has 10 atom stereocenters. The number of carbonyl (C=O) groups excluding carboxylic acids is 3. The molecule has 2 aliphatic carbocycles. The molecule has 0 aromatic heterocycles. The second-order valence-electron chi connectivity index (χ2n) is 10.4. The predicted molar refractivity (Wildman–Crippen MR) is 115 cm³/mol. The van der Waals surface area contributed by atoms with Gasteiger partial charge in [0.15, 0.2) is 0 Å². The maximum absolute atomic E-state index is 12.9. The van der Waals surface area contributed by atoms with Gasteiger partial charge in [-0.25, -0.2) is 4.79 Å². The van der Waals surface area contributed by atoms with Crippen LogP contribution in [-0.4, -0.2) is 53.3 Å². The lowest BCUT2D eigenvalue weighted by Gasteiger charge is -2.48. The molecule has 7 nitrogen and oxygen atoms in total. The number of hydrogen-bond donors (Lipinski definition) is 1. The third kappa shape index (κ3) is 4.42. The molecule has 2 heterocycles. The van der Waals surface area contributed by atoms with Crippen molar-refractivity contribution in [1.29, 1.82) is 0 Å². The third-order valence-electron chi connectivity index (χ3n) is 7.63. The number of epoxide rings is 1. The normalized spacial score (nSPS) is 41.9. The molecule has 0 aromatic rings. The number of ketones is 1. The van der Waals surface area contributed by atoms with Gasteiger partial charge in [-0.15, -0.1) is 0 Å². The van der Waals surface area contributed by atoms with Gasteiger partial charge in [0.05, 0.1) is 12.5 Å². The van der Waals surface area contributed by atoms with Crippen molar-refractivity contribution >= 4 is 17.7 Å². The molecular formula is C25H34O7. The summed E-state index contributed by atoms with van der Waals surface area (Å²) in [5.41, 5.74) is 1.22. The summed E-state index contributed by atoms with van der Waals surface area (Å²) in [6.45, 7) is 11.3. The predicted octanol–water partition coefficient (Wildman–Crippen LogP) is 2.75. The molecule has 0 unspecified atom stereocenters. The molecule has 0 amide bonds. The van der Waals surface area contributed by atoms with Crippen molar-refractivity contribution in [2.75, 3.05) is 0 Å². The average Bonchev–Trinajstić information content (AvgIpc) is 3.40. The van der Waals surface area contributed by atoms with Crippen molar-refractivity contribution < 1.29 is 33.7 Å². The first-order valence-corrected chi connectivity index (χ1v) is 11.7. The van der Waals surface area contributed by atoms with Gasteiger partial charge in [0.2, 0.25) is 0 Å². The Balaban J connectivity index is 1.54. The maximum atomic E-state index is 12.9. The summed E-state index contributed by atoms with van der Waals surface area (Å²) in [7, 11) is 0. The molecule has 4 aliphatic rings. The van der Waals surface area contributed by atoms with Crippen molar-refractivity contribution in [3.8, 4) is 0 Å². The van der Waals surface area contributed by atoms with E-state index in [4.69, 9.17) is 14.2 Å². The van der Waals surface area contributed by atoms with E-state index >= 15 is 0 Å². The molecule has 3 fully saturated rings. The molecule has 0 aromatic carbocycles. The number of hydrogen-bond acceptors (Lipinski definition) is 7. The second-order valence-corrected chi connectivity index (χ2v) is 10.4. The minimum atomic E-state index is -0.990. The molecule has 0 bridgehead atoms. The number of Topliss-reactive ketones (excluding diaryl/α,β-unsaturated/α-hetero) is 1. The lowest BCUT2D eigenvalue weighted by molar-refractivity contribution is -0.164. The molecule has 7 heteroatoms. The van der Waals surface area contributed by atoms with Crippen LogP contribution in [0.2, 0.25) is 0 Å². The largest absolute Gasteiger partial charge is 0.462 e. The van der Waals surface area contributed by atoms with Gasteiger partial charge >= 0.3 is 11.9 Å². The van der Waals surface area contributed by atoms with Crippen LogP contribution in [0.1, 0.15) is 53.4 Å². The van der Waals surface area contributed by atoms with Gasteiger partial charge in [0.1, 0.15) is 30.2 Å². The van der Waals surface area contributed by atoms with E-state index in [1.54, 1.807) is 19.9 Å². The van der Waals surface area contributed by atoms with Crippen LogP contribution >= 0.6 is 0 Å². The van der Waals surface area contributed by atoms with E-state index < -0.39 is 24.3 Å². The van der Waals surface area contributed by atoms with Gasteiger partial charge in [-0.05, 0) is 44.6 Å². The van der Waals surface area contributed by atoms with E-state index in [0.29, 0.717) is 17.9 Å². The van der Waals surface area contributed by atoms with Crippen LogP contribution in [0.4, 0.5) is 0 Å². The summed E-state index contributed by atoms with van der Waals surface area (Å²) in [4.78, 5) is 37.1. The van der Waals surface area contributed by atoms with Crippen LogP contribution in [0.5, 0.6) is 0 Å². The quantitative estimate of drug-likeness (QED) is 0.380. The number of rotatable bonds is 6. The van der Waals surface area contributed by atoms with Crippen molar-refractivity contribution in [1.82, 2.24) is 0 Å². The summed E-state index contributed by atoms with van der Waals surface area (Å²) in [6, 6.07) is 0. The highest BCUT2D eigenvalue weighted by Crippen LogP contribution is 2.53. The third-order valence-corrected chi connectivity index (χ3v) is 7.63. The van der Waals surface area contributed by atoms with Crippen LogP contribution in [-0.2, 0) is 28.6 Å². The number of carbonyl (C=O) groups is 3. The SMILES string of the molecule is C=C(C)CC(=O)O[C@@H]1C[C@H](C)C[C@@H]2CC(=O)[C@@H](C)[C@H]([C@@H]3O[C@H]3[C@H](O)[C@@H]3C=C(C)C(=O)O3)[C@H]21. The fourth-order valence-corrected chi connectivity index (χ4v) is 6.13. The smallest absolute Gasteiger partial charge is 0.334 e. The highest BCUT2D eigenvalue weighted by Gasteiger charge is 2.61. The van der Waals surface area contributed by atoms with Gasteiger partial charge in [0, 0.05) is 29.7 Å². The summed E-state index contributed by atoms with van der Waals surface area (Å²) in [5, 5.41) is 10.8. The zero-order valence-corrected chi connectivity index (χ0v) is 19.3. The number of esters is 2. The number of ether oxygens (including phenoxy) is 3. The average molecular weight is 447 g/mol. The van der Waals surface area contributed by atoms with Crippen LogP contribution in [0.25, 0.3) is 0 Å². The van der Waals surface area contributed by atoms with E-state index in [-0.39, 0.29) is 54.1 Å². The van der Waals surface area contributed by atoms with E-state index in [2.05, 4.69) is 13.5 Å². The molecule has 0 spiro atoms. The molecule has 1 saturated heterocycles. The van der Waals surface area contributed by atoms with Gasteiger partial charge < -0.3 is 19.3 Å². The topological polar surface area (TPSA) is 102 Å². The highest BCUT2D eigenvalue weighted by atomic mass is 16.6. The fraction of sp³-hybridized carbons (Fsp3) is 0.720. The number of cyclic esters (lactones) is 1. The number of aliphatic hydroxyl groups is 1. The van der Waals surface area contributed by atoms with Crippen LogP contribution in [0, 0.1) is 29.6 Å². The molecule has 2 aliphatic heterocycles. The summed E-state index contributed by atoms with van der Waals surface area (Å²) in [5.74, 6) is -0.445. The number of fused-ring (bicyclic) bond motifs is 1. The van der Waals surface area contributed by atoms with E-state index in [0.717, 1.165) is 18.4 Å². The molecule has 4 rings (SSSR count). The maximum Gasteiger partial charge on any atom is 0.334 e. The zero-order valence-electron chi connectivity index (χ0n) is 19.3. The Kier molecular flexibility index (Phi) is 6.34. The first kappa shape index (κ1) is 23.2. The Labute approximate surface area is 189 Å². The highest BCUT2D eigenvalue weighted by molar-refractivity contribution is 5.90. The standard InChI is InChI=1S/C25H34O7/c1-11(2)6-19(27)30-17-8-12(3)7-15-10-16(26)14(5)20(21(15)17)23-24(32-23)22(28)18-9-13(4)25(29)31-18/h9,12,14-15,17-18,20-24,28H,1,6-8,10H2,2-5H3/t12-,14-,15-,17-,18+,20+,21-,22-,23+,24+/m1/s1. The Morgan fingerprint density at radius 3 is 2.62 bits per heavy atom. The summed E-state index contributed by atoms with van der Waals surface area (Å²) >= 11 is 0. The monoisotopic (exact) mass is 446 g/mol. The van der Waals surface area contributed by atoms with E-state index in [1.807, 2.05) is 6.92 Å². The first-order valence-electron chi connectivity index (χ1n) is 11.7. The number of aliphatic hydroxyl groups excluding tert-OH is 1. The Morgan fingerprint density at radius 2 is 2.00 bits per heavy atom. The van der Waals surface area contributed by atoms with Crippen LogP contribution in [0.15, 0.2) is 23.8 Å². The molecule has 2 saturated carbocycles. The lowest BCUT2D eigenvalue weighted by Crippen LogP contribution is -2.52. The second kappa shape index (κ2) is 8.75. The van der Waals surface area contributed by atoms with Crippen LogP contribution in [0.3, 0.4) is 0 Å². The summed E-state index contributed by atoms with van der Waals surface area (Å²) < 4.78 is 17.1. The van der Waals surface area contributed by atoms with Crippen molar-refractivity contribution in [3.05, 3.63) is 23.8 Å². The Hall–Kier alpha value is -1.99. The Bertz CT molecular complexity index is 845. The van der Waals surface area contributed by atoms with E-state index in [9.17, 15) is 19.5 Å². The van der Waals surface area contributed by atoms with Crippen LogP contribution < -0.4 is 0 Å². The zero-order chi connectivity index (χ0) is 23.3. The van der Waals surface area contributed by atoms with Gasteiger partial charge in [0.25, 0.3) is 0 Å². The minimum absolute atomic E-state index is 0.00132.